The van der Waals surface area contributed by atoms with E-state index in [1.54, 1.807) is 5.51 Å². The highest BCUT2D eigenvalue weighted by molar-refractivity contribution is 7.07. The first-order valence-electron chi connectivity index (χ1n) is 5.12. The minimum Gasteiger partial charge on any atom is -0.332 e. The Balaban J connectivity index is 0.00000128. The summed E-state index contributed by atoms with van der Waals surface area (Å²) in [4.78, 5) is 18.0. The fraction of sp³-hybridized carbons (Fsp3) is 0.600. The third-order valence-electron chi connectivity index (χ3n) is 2.95. The molecule has 0 radical (unpaired) electrons. The highest BCUT2D eigenvalue weighted by atomic mass is 35.5. The van der Waals surface area contributed by atoms with E-state index in [2.05, 4.69) is 24.1 Å². The standard InChI is InChI=1S/C10H15N3OS.2ClH/c1-7-8(2)13(4-3-11-7)10(14)9-5-15-6-12-9;;/h5-8,11H,3-4H2,1-2H3;2*1H. The molecule has 1 aromatic rings. The van der Waals surface area contributed by atoms with E-state index in [4.69, 9.17) is 0 Å². The maximum absolute atomic E-state index is 12.1. The average Bonchev–Trinajstić information content (AvgIpc) is 2.74. The summed E-state index contributed by atoms with van der Waals surface area (Å²) >= 11 is 1.46. The van der Waals surface area contributed by atoms with Gasteiger partial charge in [-0.1, -0.05) is 0 Å². The van der Waals surface area contributed by atoms with E-state index >= 15 is 0 Å². The molecule has 2 atom stereocenters. The van der Waals surface area contributed by atoms with Gasteiger partial charge in [-0.25, -0.2) is 4.98 Å². The van der Waals surface area contributed by atoms with Crippen LogP contribution in [0.25, 0.3) is 0 Å². The Bertz CT molecular complexity index is 347. The van der Waals surface area contributed by atoms with Gasteiger partial charge in [-0.2, -0.15) is 0 Å². The number of thiazole rings is 1. The second-order valence-electron chi connectivity index (χ2n) is 3.86. The Morgan fingerprint density at radius 3 is 2.82 bits per heavy atom. The van der Waals surface area contributed by atoms with Crippen molar-refractivity contribution in [1.29, 1.82) is 0 Å². The van der Waals surface area contributed by atoms with E-state index in [0.717, 1.165) is 13.1 Å². The summed E-state index contributed by atoms with van der Waals surface area (Å²) in [5.74, 6) is 0.0529. The summed E-state index contributed by atoms with van der Waals surface area (Å²) in [5.41, 5.74) is 2.27. The van der Waals surface area contributed by atoms with Crippen LogP contribution in [0, 0.1) is 0 Å². The summed E-state index contributed by atoms with van der Waals surface area (Å²) < 4.78 is 0. The highest BCUT2D eigenvalue weighted by Crippen LogP contribution is 2.13. The lowest BCUT2D eigenvalue weighted by Crippen LogP contribution is -2.57. The number of piperazine rings is 1. The molecule has 1 N–H and O–H groups in total. The summed E-state index contributed by atoms with van der Waals surface area (Å²) in [6, 6.07) is 0.578. The first-order chi connectivity index (χ1) is 7.20. The van der Waals surface area contributed by atoms with E-state index in [1.165, 1.54) is 11.3 Å². The largest absolute Gasteiger partial charge is 0.332 e. The molecule has 2 heterocycles. The summed E-state index contributed by atoms with van der Waals surface area (Å²) in [6.07, 6.45) is 0. The van der Waals surface area contributed by atoms with Gasteiger partial charge in [0.25, 0.3) is 5.91 Å². The van der Waals surface area contributed by atoms with Gasteiger partial charge in [0.2, 0.25) is 0 Å². The number of aromatic nitrogens is 1. The third-order valence-corrected chi connectivity index (χ3v) is 3.53. The molecular weight excluding hydrogens is 281 g/mol. The van der Waals surface area contributed by atoms with Crippen LogP contribution >= 0.6 is 36.2 Å². The van der Waals surface area contributed by atoms with Crippen molar-refractivity contribution in [1.82, 2.24) is 15.2 Å². The first kappa shape index (κ1) is 16.6. The van der Waals surface area contributed by atoms with Gasteiger partial charge in [0.05, 0.1) is 5.51 Å². The van der Waals surface area contributed by atoms with Gasteiger partial charge >= 0.3 is 0 Å². The SMILES string of the molecule is CC1NCCN(C(=O)c2cscn2)C1C.Cl.Cl. The van der Waals surface area contributed by atoms with Gasteiger partial charge in [-0.15, -0.1) is 36.2 Å². The molecule has 0 spiro atoms. The molecule has 98 valence electrons. The van der Waals surface area contributed by atoms with Crippen LogP contribution < -0.4 is 5.32 Å². The second-order valence-corrected chi connectivity index (χ2v) is 4.57. The number of carbonyl (C=O) groups is 1. The number of hydrogen-bond donors (Lipinski definition) is 1. The van der Waals surface area contributed by atoms with Crippen molar-refractivity contribution in [3.8, 4) is 0 Å². The molecule has 4 nitrogen and oxygen atoms in total. The molecule has 7 heteroatoms. The maximum Gasteiger partial charge on any atom is 0.273 e. The number of hydrogen-bond acceptors (Lipinski definition) is 4. The minimum atomic E-state index is 0. The van der Waals surface area contributed by atoms with Crippen LogP contribution in [0.3, 0.4) is 0 Å². The normalized spacial score (nSPS) is 23.5. The minimum absolute atomic E-state index is 0. The summed E-state index contributed by atoms with van der Waals surface area (Å²) in [7, 11) is 0. The van der Waals surface area contributed by atoms with Crippen molar-refractivity contribution in [2.24, 2.45) is 0 Å². The van der Waals surface area contributed by atoms with E-state index in [9.17, 15) is 4.79 Å². The maximum atomic E-state index is 12.1. The van der Waals surface area contributed by atoms with Crippen molar-refractivity contribution >= 4 is 42.1 Å². The van der Waals surface area contributed by atoms with E-state index in [-0.39, 0.29) is 36.8 Å². The lowest BCUT2D eigenvalue weighted by Gasteiger charge is -2.38. The zero-order valence-electron chi connectivity index (χ0n) is 9.75. The Hall–Kier alpha value is -0.360. The molecular formula is C10H17Cl2N3OS. The van der Waals surface area contributed by atoms with Gasteiger partial charge in [0.1, 0.15) is 5.69 Å². The Kier molecular flexibility index (Phi) is 7.01. The Morgan fingerprint density at radius 2 is 2.24 bits per heavy atom. The zero-order valence-corrected chi connectivity index (χ0v) is 12.2. The van der Waals surface area contributed by atoms with Gasteiger partial charge in [-0.05, 0) is 13.8 Å². The van der Waals surface area contributed by atoms with Gasteiger partial charge in [0.15, 0.2) is 0 Å². The molecule has 0 aliphatic carbocycles. The smallest absolute Gasteiger partial charge is 0.273 e. The number of carbonyl (C=O) groups excluding carboxylic acids is 1. The molecule has 2 rings (SSSR count). The number of rotatable bonds is 1. The van der Waals surface area contributed by atoms with Crippen LogP contribution in [0.2, 0.25) is 0 Å². The van der Waals surface area contributed by atoms with Crippen molar-refractivity contribution in [3.05, 3.63) is 16.6 Å². The van der Waals surface area contributed by atoms with Crippen LogP contribution in [0.4, 0.5) is 0 Å². The Labute approximate surface area is 118 Å². The number of nitrogens with one attached hydrogen (secondary N) is 1. The van der Waals surface area contributed by atoms with Crippen LogP contribution in [0.1, 0.15) is 24.3 Å². The molecule has 1 aromatic heterocycles. The third kappa shape index (κ3) is 3.55. The molecule has 1 fully saturated rings. The quantitative estimate of drug-likeness (QED) is 0.860. The fourth-order valence-electron chi connectivity index (χ4n) is 1.81. The second kappa shape index (κ2) is 7.16. The zero-order chi connectivity index (χ0) is 10.8. The summed E-state index contributed by atoms with van der Waals surface area (Å²) in [6.45, 7) is 5.80. The monoisotopic (exact) mass is 297 g/mol. The van der Waals surface area contributed by atoms with Crippen LogP contribution in [-0.4, -0.2) is 41.0 Å². The fourth-order valence-corrected chi connectivity index (χ4v) is 2.33. The molecule has 1 amide bonds. The molecule has 17 heavy (non-hydrogen) atoms. The van der Waals surface area contributed by atoms with Crippen molar-refractivity contribution in [2.45, 2.75) is 25.9 Å². The van der Waals surface area contributed by atoms with E-state index in [0.29, 0.717) is 11.7 Å². The van der Waals surface area contributed by atoms with Crippen LogP contribution in [0.5, 0.6) is 0 Å². The van der Waals surface area contributed by atoms with E-state index < -0.39 is 0 Å². The molecule has 1 aliphatic heterocycles. The average molecular weight is 298 g/mol. The Morgan fingerprint density at radius 1 is 1.53 bits per heavy atom. The molecule has 2 unspecified atom stereocenters. The lowest BCUT2D eigenvalue weighted by molar-refractivity contribution is 0.0598. The topological polar surface area (TPSA) is 45.2 Å². The number of amides is 1. The summed E-state index contributed by atoms with van der Waals surface area (Å²) in [5, 5.41) is 5.16. The highest BCUT2D eigenvalue weighted by Gasteiger charge is 2.29. The van der Waals surface area contributed by atoms with Crippen molar-refractivity contribution < 1.29 is 4.79 Å². The number of nitrogens with zero attached hydrogens (tertiary/aromatic N) is 2. The van der Waals surface area contributed by atoms with Gasteiger partial charge < -0.3 is 10.2 Å². The molecule has 0 aromatic carbocycles. The first-order valence-corrected chi connectivity index (χ1v) is 6.07. The van der Waals surface area contributed by atoms with Gasteiger partial charge in [-0.3, -0.25) is 4.79 Å². The van der Waals surface area contributed by atoms with Crippen molar-refractivity contribution in [2.75, 3.05) is 13.1 Å². The van der Waals surface area contributed by atoms with Crippen LogP contribution in [-0.2, 0) is 0 Å². The van der Waals surface area contributed by atoms with Crippen molar-refractivity contribution in [3.63, 3.8) is 0 Å². The predicted molar refractivity (Wildman–Crippen MR) is 74.6 cm³/mol. The van der Waals surface area contributed by atoms with E-state index in [1.807, 2.05) is 10.3 Å². The predicted octanol–water partition coefficient (Wildman–Crippen LogP) is 1.81. The molecule has 0 saturated carbocycles. The molecule has 1 saturated heterocycles. The van der Waals surface area contributed by atoms with Gasteiger partial charge in [0, 0.05) is 30.6 Å². The number of halogens is 2. The molecule has 0 bridgehead atoms. The lowest BCUT2D eigenvalue weighted by atomic mass is 10.1. The van der Waals surface area contributed by atoms with Crippen LogP contribution in [0.15, 0.2) is 10.9 Å². The molecule has 1 aliphatic rings.